The molecular formula is C14H29NO2. The number of methoxy groups -OCH3 is 1. The molecule has 3 heteroatoms. The van der Waals surface area contributed by atoms with Crippen LogP contribution in [-0.4, -0.2) is 32.0 Å². The van der Waals surface area contributed by atoms with Crippen LogP contribution in [0, 0.1) is 5.92 Å². The summed E-state index contributed by atoms with van der Waals surface area (Å²) in [6.07, 6.45) is 7.55. The van der Waals surface area contributed by atoms with Gasteiger partial charge in [-0.2, -0.15) is 0 Å². The third kappa shape index (κ3) is 5.84. The van der Waals surface area contributed by atoms with Crippen LogP contribution in [0.1, 0.15) is 52.4 Å². The lowest BCUT2D eigenvalue weighted by atomic mass is 9.84. The molecule has 0 bridgehead atoms. The Balaban J connectivity index is 2.09. The maximum atomic E-state index is 6.17. The molecule has 0 amide bonds. The highest BCUT2D eigenvalue weighted by atomic mass is 16.5. The maximum absolute atomic E-state index is 6.17. The molecule has 0 heterocycles. The van der Waals surface area contributed by atoms with Crippen molar-refractivity contribution in [2.45, 2.75) is 64.0 Å². The molecule has 1 rings (SSSR count). The first-order valence-corrected chi connectivity index (χ1v) is 6.93. The Labute approximate surface area is 106 Å². The normalized spacial score (nSPS) is 20.5. The summed E-state index contributed by atoms with van der Waals surface area (Å²) in [7, 11) is 1.74. The van der Waals surface area contributed by atoms with Crippen molar-refractivity contribution in [2.75, 3.05) is 20.3 Å². The fraction of sp³-hybridized carbons (Fsp3) is 1.00. The molecule has 0 aliphatic heterocycles. The summed E-state index contributed by atoms with van der Waals surface area (Å²) in [5, 5.41) is 0. The van der Waals surface area contributed by atoms with Gasteiger partial charge in [-0.25, -0.2) is 0 Å². The Morgan fingerprint density at radius 2 is 1.88 bits per heavy atom. The van der Waals surface area contributed by atoms with Crippen molar-refractivity contribution in [1.29, 1.82) is 0 Å². The molecule has 1 unspecified atom stereocenters. The summed E-state index contributed by atoms with van der Waals surface area (Å²) in [5.41, 5.74) is 6.09. The molecule has 1 aliphatic rings. The lowest BCUT2D eigenvalue weighted by Gasteiger charge is -2.28. The van der Waals surface area contributed by atoms with Gasteiger partial charge in [0.15, 0.2) is 0 Å². The second-order valence-electron chi connectivity index (χ2n) is 5.85. The number of hydrogen-bond acceptors (Lipinski definition) is 3. The van der Waals surface area contributed by atoms with E-state index in [0.29, 0.717) is 12.5 Å². The van der Waals surface area contributed by atoms with Gasteiger partial charge in [-0.1, -0.05) is 19.3 Å². The average molecular weight is 243 g/mol. The fourth-order valence-corrected chi connectivity index (χ4v) is 2.34. The van der Waals surface area contributed by atoms with Gasteiger partial charge in [0.25, 0.3) is 0 Å². The van der Waals surface area contributed by atoms with Gasteiger partial charge < -0.3 is 15.2 Å². The molecule has 2 N–H and O–H groups in total. The topological polar surface area (TPSA) is 44.5 Å². The van der Waals surface area contributed by atoms with E-state index >= 15 is 0 Å². The number of rotatable bonds is 7. The Bertz CT molecular complexity index is 200. The summed E-state index contributed by atoms with van der Waals surface area (Å²) in [6, 6.07) is 0.223. The zero-order chi connectivity index (χ0) is 12.7. The Morgan fingerprint density at radius 1 is 1.24 bits per heavy atom. The van der Waals surface area contributed by atoms with E-state index in [-0.39, 0.29) is 11.6 Å². The van der Waals surface area contributed by atoms with Gasteiger partial charge in [0, 0.05) is 19.8 Å². The lowest BCUT2D eigenvalue weighted by molar-refractivity contribution is -0.0134. The SMILES string of the molecule is COC(C)(C)CCOCC(N)C1CCCCC1. The molecule has 3 nitrogen and oxygen atoms in total. The number of ether oxygens (including phenoxy) is 2. The molecule has 0 aromatic rings. The maximum Gasteiger partial charge on any atom is 0.0644 e. The zero-order valence-corrected chi connectivity index (χ0v) is 11.7. The van der Waals surface area contributed by atoms with Crippen molar-refractivity contribution in [3.63, 3.8) is 0 Å². The highest BCUT2D eigenvalue weighted by molar-refractivity contribution is 4.76. The van der Waals surface area contributed by atoms with Crippen LogP contribution in [0.3, 0.4) is 0 Å². The first kappa shape index (κ1) is 14.9. The van der Waals surface area contributed by atoms with Gasteiger partial charge in [-0.05, 0) is 39.0 Å². The van der Waals surface area contributed by atoms with Crippen molar-refractivity contribution < 1.29 is 9.47 Å². The van der Waals surface area contributed by atoms with E-state index in [9.17, 15) is 0 Å². The van der Waals surface area contributed by atoms with Crippen LogP contribution in [0.25, 0.3) is 0 Å². The Morgan fingerprint density at radius 3 is 2.47 bits per heavy atom. The third-order valence-electron chi connectivity index (χ3n) is 3.97. The first-order chi connectivity index (χ1) is 8.05. The van der Waals surface area contributed by atoms with E-state index in [1.807, 2.05) is 0 Å². The summed E-state index contributed by atoms with van der Waals surface area (Å²) < 4.78 is 11.0. The second-order valence-corrected chi connectivity index (χ2v) is 5.85. The summed E-state index contributed by atoms with van der Waals surface area (Å²) in [6.45, 7) is 5.60. The van der Waals surface area contributed by atoms with E-state index in [2.05, 4.69) is 13.8 Å². The Hall–Kier alpha value is -0.120. The van der Waals surface area contributed by atoms with E-state index in [1.165, 1.54) is 32.1 Å². The summed E-state index contributed by atoms with van der Waals surface area (Å²) >= 11 is 0. The van der Waals surface area contributed by atoms with Gasteiger partial charge in [0.2, 0.25) is 0 Å². The molecule has 17 heavy (non-hydrogen) atoms. The van der Waals surface area contributed by atoms with Crippen molar-refractivity contribution in [3.8, 4) is 0 Å². The lowest BCUT2D eigenvalue weighted by Crippen LogP contribution is -2.36. The number of hydrogen-bond donors (Lipinski definition) is 1. The summed E-state index contributed by atoms with van der Waals surface area (Å²) in [5.74, 6) is 0.680. The highest BCUT2D eigenvalue weighted by Gasteiger charge is 2.21. The molecule has 0 radical (unpaired) electrons. The highest BCUT2D eigenvalue weighted by Crippen LogP contribution is 2.25. The first-order valence-electron chi connectivity index (χ1n) is 6.93. The standard InChI is InChI=1S/C14H29NO2/c1-14(2,16-3)9-10-17-11-13(15)12-7-5-4-6-8-12/h12-13H,4-11,15H2,1-3H3. The van der Waals surface area contributed by atoms with E-state index in [4.69, 9.17) is 15.2 Å². The van der Waals surface area contributed by atoms with Crippen molar-refractivity contribution >= 4 is 0 Å². The molecule has 0 saturated heterocycles. The smallest absolute Gasteiger partial charge is 0.0644 e. The second kappa shape index (κ2) is 7.34. The van der Waals surface area contributed by atoms with Crippen molar-refractivity contribution in [2.24, 2.45) is 11.7 Å². The van der Waals surface area contributed by atoms with Crippen molar-refractivity contribution in [1.82, 2.24) is 0 Å². The van der Waals surface area contributed by atoms with Crippen LogP contribution in [0.2, 0.25) is 0 Å². The van der Waals surface area contributed by atoms with E-state index < -0.39 is 0 Å². The average Bonchev–Trinajstić information content (AvgIpc) is 2.35. The van der Waals surface area contributed by atoms with Gasteiger partial charge in [0.05, 0.1) is 12.2 Å². The minimum Gasteiger partial charge on any atom is -0.380 e. The minimum atomic E-state index is -0.0884. The van der Waals surface area contributed by atoms with Crippen LogP contribution in [-0.2, 0) is 9.47 Å². The van der Waals surface area contributed by atoms with Gasteiger partial charge >= 0.3 is 0 Å². The molecule has 102 valence electrons. The molecular weight excluding hydrogens is 214 g/mol. The predicted molar refractivity (Wildman–Crippen MR) is 71.1 cm³/mol. The molecule has 0 spiro atoms. The molecule has 0 aromatic carbocycles. The van der Waals surface area contributed by atoms with Gasteiger partial charge in [-0.3, -0.25) is 0 Å². The summed E-state index contributed by atoms with van der Waals surface area (Å²) in [4.78, 5) is 0. The van der Waals surface area contributed by atoms with Gasteiger partial charge in [-0.15, -0.1) is 0 Å². The fourth-order valence-electron chi connectivity index (χ4n) is 2.34. The molecule has 1 fully saturated rings. The molecule has 1 aliphatic carbocycles. The Kier molecular flexibility index (Phi) is 6.45. The third-order valence-corrected chi connectivity index (χ3v) is 3.97. The van der Waals surface area contributed by atoms with Crippen LogP contribution in [0.5, 0.6) is 0 Å². The van der Waals surface area contributed by atoms with E-state index in [0.717, 1.165) is 13.0 Å². The number of nitrogens with two attached hydrogens (primary N) is 1. The van der Waals surface area contributed by atoms with Crippen LogP contribution in [0.15, 0.2) is 0 Å². The van der Waals surface area contributed by atoms with Crippen LogP contribution >= 0.6 is 0 Å². The molecule has 0 aromatic heterocycles. The predicted octanol–water partition coefficient (Wildman–Crippen LogP) is 2.73. The van der Waals surface area contributed by atoms with Gasteiger partial charge in [0.1, 0.15) is 0 Å². The minimum absolute atomic E-state index is 0.0884. The molecule has 1 saturated carbocycles. The zero-order valence-electron chi connectivity index (χ0n) is 11.7. The van der Waals surface area contributed by atoms with Crippen LogP contribution < -0.4 is 5.73 Å². The monoisotopic (exact) mass is 243 g/mol. The van der Waals surface area contributed by atoms with E-state index in [1.54, 1.807) is 7.11 Å². The van der Waals surface area contributed by atoms with Crippen molar-refractivity contribution in [3.05, 3.63) is 0 Å². The quantitative estimate of drug-likeness (QED) is 0.699. The largest absolute Gasteiger partial charge is 0.380 e. The van der Waals surface area contributed by atoms with Crippen LogP contribution in [0.4, 0.5) is 0 Å². The molecule has 1 atom stereocenters.